The molecule has 0 aliphatic carbocycles. The molecule has 0 aromatic carbocycles. The molecule has 68 valence electrons. The zero-order valence-corrected chi connectivity index (χ0v) is 8.02. The van der Waals surface area contributed by atoms with Gasteiger partial charge in [0, 0.05) is 6.42 Å². The SMILES string of the molecule is CC(C)[C@]12CC[C@](C)(O1)C(=O)C2. The predicted molar refractivity (Wildman–Crippen MR) is 45.9 cm³/mol. The quantitative estimate of drug-likeness (QED) is 0.598. The van der Waals surface area contributed by atoms with Crippen LogP contribution in [0.1, 0.15) is 40.0 Å². The highest BCUT2D eigenvalue weighted by Gasteiger charge is 2.59. The molecule has 2 nitrogen and oxygen atoms in total. The summed E-state index contributed by atoms with van der Waals surface area (Å²) in [5, 5.41) is 0. The lowest BCUT2D eigenvalue weighted by atomic mass is 9.77. The number of carbonyl (C=O) groups excluding carboxylic acids is 1. The average molecular weight is 168 g/mol. The summed E-state index contributed by atoms with van der Waals surface area (Å²) in [6.07, 6.45) is 2.62. The van der Waals surface area contributed by atoms with E-state index in [0.29, 0.717) is 18.1 Å². The van der Waals surface area contributed by atoms with E-state index < -0.39 is 5.60 Å². The first-order chi connectivity index (χ1) is 5.49. The highest BCUT2D eigenvalue weighted by molar-refractivity contribution is 5.91. The molecule has 2 rings (SSSR count). The van der Waals surface area contributed by atoms with Gasteiger partial charge in [-0.25, -0.2) is 0 Å². The molecule has 0 amide bonds. The van der Waals surface area contributed by atoms with Gasteiger partial charge in [-0.15, -0.1) is 0 Å². The van der Waals surface area contributed by atoms with Gasteiger partial charge in [0.1, 0.15) is 5.60 Å². The number of hydrogen-bond donors (Lipinski definition) is 0. The van der Waals surface area contributed by atoms with E-state index in [2.05, 4.69) is 13.8 Å². The van der Waals surface area contributed by atoms with Crippen molar-refractivity contribution in [2.24, 2.45) is 5.92 Å². The van der Waals surface area contributed by atoms with E-state index in [1.54, 1.807) is 0 Å². The minimum Gasteiger partial charge on any atom is -0.360 e. The van der Waals surface area contributed by atoms with Crippen molar-refractivity contribution in [2.75, 3.05) is 0 Å². The summed E-state index contributed by atoms with van der Waals surface area (Å²) in [5.74, 6) is 0.772. The van der Waals surface area contributed by atoms with Gasteiger partial charge in [-0.1, -0.05) is 13.8 Å². The van der Waals surface area contributed by atoms with Crippen LogP contribution in [-0.4, -0.2) is 17.0 Å². The van der Waals surface area contributed by atoms with Crippen LogP contribution in [0.15, 0.2) is 0 Å². The Labute approximate surface area is 73.3 Å². The number of ketones is 1. The van der Waals surface area contributed by atoms with Gasteiger partial charge in [0.15, 0.2) is 5.78 Å². The largest absolute Gasteiger partial charge is 0.360 e. The Morgan fingerprint density at radius 3 is 2.33 bits per heavy atom. The van der Waals surface area contributed by atoms with Crippen LogP contribution in [0.3, 0.4) is 0 Å². The molecule has 2 atom stereocenters. The monoisotopic (exact) mass is 168 g/mol. The van der Waals surface area contributed by atoms with E-state index in [9.17, 15) is 4.79 Å². The Kier molecular flexibility index (Phi) is 1.45. The van der Waals surface area contributed by atoms with Crippen molar-refractivity contribution < 1.29 is 9.53 Å². The maximum absolute atomic E-state index is 11.5. The molecule has 2 bridgehead atoms. The fourth-order valence-corrected chi connectivity index (χ4v) is 2.39. The standard InChI is InChI=1S/C10H16O2/c1-7(2)10-5-4-9(3,12-10)8(11)6-10/h7H,4-6H2,1-3H3/t9-,10+/m0/s1. The summed E-state index contributed by atoms with van der Waals surface area (Å²) in [5.41, 5.74) is -0.532. The van der Waals surface area contributed by atoms with Crippen LogP contribution in [0, 0.1) is 5.92 Å². The van der Waals surface area contributed by atoms with Crippen LogP contribution in [0.4, 0.5) is 0 Å². The molecule has 2 saturated heterocycles. The second-order valence-electron chi connectivity index (χ2n) is 4.65. The molecular formula is C10H16O2. The van der Waals surface area contributed by atoms with Gasteiger partial charge in [0.05, 0.1) is 5.60 Å². The van der Waals surface area contributed by atoms with Crippen LogP contribution in [0.5, 0.6) is 0 Å². The highest BCUT2D eigenvalue weighted by Crippen LogP contribution is 2.51. The minimum atomic E-state index is -0.426. The van der Waals surface area contributed by atoms with Crippen LogP contribution in [0.25, 0.3) is 0 Å². The summed E-state index contributed by atoms with van der Waals surface area (Å²) >= 11 is 0. The van der Waals surface area contributed by atoms with Gasteiger partial charge >= 0.3 is 0 Å². The molecule has 2 heteroatoms. The van der Waals surface area contributed by atoms with Crippen LogP contribution in [0.2, 0.25) is 0 Å². The van der Waals surface area contributed by atoms with Crippen molar-refractivity contribution in [2.45, 2.75) is 51.2 Å². The minimum absolute atomic E-state index is 0.105. The number of ether oxygens (including phenoxy) is 1. The molecule has 2 aliphatic rings. The third kappa shape index (κ3) is 0.817. The molecule has 2 fully saturated rings. The molecule has 0 radical (unpaired) electrons. The summed E-state index contributed by atoms with van der Waals surface area (Å²) in [4.78, 5) is 11.5. The van der Waals surface area contributed by atoms with Crippen molar-refractivity contribution in [3.05, 3.63) is 0 Å². The Balaban J connectivity index is 2.31. The van der Waals surface area contributed by atoms with Crippen LogP contribution < -0.4 is 0 Å². The topological polar surface area (TPSA) is 26.3 Å². The Hall–Kier alpha value is -0.370. The lowest BCUT2D eigenvalue weighted by Crippen LogP contribution is -2.33. The fraction of sp³-hybridized carbons (Fsp3) is 0.900. The molecule has 12 heavy (non-hydrogen) atoms. The first-order valence-electron chi connectivity index (χ1n) is 4.72. The lowest BCUT2D eigenvalue weighted by Gasteiger charge is -2.27. The maximum Gasteiger partial charge on any atom is 0.167 e. The van der Waals surface area contributed by atoms with Gasteiger partial charge in [-0.05, 0) is 25.7 Å². The van der Waals surface area contributed by atoms with E-state index in [1.165, 1.54) is 0 Å². The fourth-order valence-electron chi connectivity index (χ4n) is 2.39. The van der Waals surface area contributed by atoms with Gasteiger partial charge < -0.3 is 4.74 Å². The van der Waals surface area contributed by atoms with Gasteiger partial charge in [-0.2, -0.15) is 0 Å². The maximum atomic E-state index is 11.5. The van der Waals surface area contributed by atoms with Crippen molar-refractivity contribution in [1.82, 2.24) is 0 Å². The van der Waals surface area contributed by atoms with Crippen molar-refractivity contribution >= 4 is 5.78 Å². The molecule has 0 spiro atoms. The van der Waals surface area contributed by atoms with Crippen LogP contribution >= 0.6 is 0 Å². The number of carbonyl (C=O) groups is 1. The average Bonchev–Trinajstić information content (AvgIpc) is 2.41. The number of Topliss-reactive ketones (excluding diaryl/α,β-unsaturated/α-hetero) is 1. The molecular weight excluding hydrogens is 152 g/mol. The van der Waals surface area contributed by atoms with Crippen molar-refractivity contribution in [3.63, 3.8) is 0 Å². The third-order valence-electron chi connectivity index (χ3n) is 3.56. The summed E-state index contributed by atoms with van der Waals surface area (Å²) in [6, 6.07) is 0. The van der Waals surface area contributed by atoms with Gasteiger partial charge in [0.25, 0.3) is 0 Å². The molecule has 2 heterocycles. The smallest absolute Gasteiger partial charge is 0.167 e. The zero-order chi connectivity index (χ0) is 8.98. The van der Waals surface area contributed by atoms with Crippen LogP contribution in [-0.2, 0) is 9.53 Å². The highest BCUT2D eigenvalue weighted by atomic mass is 16.5. The number of fused-ring (bicyclic) bond motifs is 2. The van der Waals surface area contributed by atoms with Gasteiger partial charge in [0.2, 0.25) is 0 Å². The van der Waals surface area contributed by atoms with E-state index >= 15 is 0 Å². The Bertz CT molecular complexity index is 234. The van der Waals surface area contributed by atoms with Crippen molar-refractivity contribution in [1.29, 1.82) is 0 Å². The van der Waals surface area contributed by atoms with E-state index in [4.69, 9.17) is 4.74 Å². The second kappa shape index (κ2) is 2.11. The molecule has 0 aromatic rings. The third-order valence-corrected chi connectivity index (χ3v) is 3.56. The zero-order valence-electron chi connectivity index (χ0n) is 8.02. The second-order valence-corrected chi connectivity index (χ2v) is 4.65. The molecule has 0 saturated carbocycles. The molecule has 0 N–H and O–H groups in total. The first kappa shape index (κ1) is 8.24. The normalized spacial score (nSPS) is 46.2. The Morgan fingerprint density at radius 1 is 1.42 bits per heavy atom. The summed E-state index contributed by atoms with van der Waals surface area (Å²) < 4.78 is 5.87. The van der Waals surface area contributed by atoms with E-state index in [0.717, 1.165) is 12.8 Å². The number of rotatable bonds is 1. The van der Waals surface area contributed by atoms with Crippen molar-refractivity contribution in [3.8, 4) is 0 Å². The molecule has 0 unspecified atom stereocenters. The van der Waals surface area contributed by atoms with E-state index in [1.807, 2.05) is 6.92 Å². The first-order valence-corrected chi connectivity index (χ1v) is 4.72. The number of hydrogen-bond acceptors (Lipinski definition) is 2. The summed E-state index contributed by atoms with van der Waals surface area (Å²) in [6.45, 7) is 6.22. The molecule has 0 aromatic heterocycles. The van der Waals surface area contributed by atoms with Gasteiger partial charge in [-0.3, -0.25) is 4.79 Å². The summed E-state index contributed by atoms with van der Waals surface area (Å²) in [7, 11) is 0. The predicted octanol–water partition coefficient (Wildman–Crippen LogP) is 1.92. The Morgan fingerprint density at radius 2 is 2.08 bits per heavy atom. The lowest BCUT2D eigenvalue weighted by molar-refractivity contribution is -0.130. The van der Waals surface area contributed by atoms with E-state index in [-0.39, 0.29) is 5.60 Å². The molecule has 2 aliphatic heterocycles.